The molecule has 0 radical (unpaired) electrons. The van der Waals surface area contributed by atoms with E-state index in [9.17, 15) is 14.0 Å². The molecule has 6 nitrogen and oxygen atoms in total. The van der Waals surface area contributed by atoms with Crippen molar-refractivity contribution in [1.82, 2.24) is 15.1 Å². The van der Waals surface area contributed by atoms with Crippen LogP contribution < -0.4 is 10.1 Å². The Bertz CT molecular complexity index is 626. The predicted octanol–water partition coefficient (Wildman–Crippen LogP) is 2.49. The molecule has 7 heteroatoms. The van der Waals surface area contributed by atoms with Gasteiger partial charge in [0.25, 0.3) is 5.91 Å². The van der Waals surface area contributed by atoms with Crippen LogP contribution in [0.3, 0.4) is 0 Å². The number of halogens is 1. The molecule has 0 bridgehead atoms. The summed E-state index contributed by atoms with van der Waals surface area (Å²) < 4.78 is 19.4. The van der Waals surface area contributed by atoms with Gasteiger partial charge in [0.05, 0.1) is 6.10 Å². The maximum absolute atomic E-state index is 14.1. The third kappa shape index (κ3) is 5.08. The highest BCUT2D eigenvalue weighted by Gasteiger charge is 2.25. The third-order valence-electron chi connectivity index (χ3n) is 3.81. The van der Waals surface area contributed by atoms with Crippen LogP contribution in [-0.4, -0.2) is 60.1 Å². The van der Waals surface area contributed by atoms with Crippen LogP contribution in [0.25, 0.3) is 0 Å². The van der Waals surface area contributed by atoms with E-state index in [1.165, 1.54) is 12.1 Å². The van der Waals surface area contributed by atoms with Crippen molar-refractivity contribution in [2.45, 2.75) is 39.8 Å². The molecule has 0 aromatic heterocycles. The summed E-state index contributed by atoms with van der Waals surface area (Å²) in [6, 6.07) is 4.21. The monoisotopic (exact) mass is 351 g/mol. The minimum Gasteiger partial charge on any atom is -0.488 e. The Balaban J connectivity index is 1.96. The number of hydrogen-bond donors (Lipinski definition) is 1. The van der Waals surface area contributed by atoms with Gasteiger partial charge in [-0.25, -0.2) is 9.18 Å². The van der Waals surface area contributed by atoms with Crippen LogP contribution in [0, 0.1) is 5.82 Å². The molecule has 1 aliphatic heterocycles. The van der Waals surface area contributed by atoms with Gasteiger partial charge >= 0.3 is 6.03 Å². The Kier molecular flexibility index (Phi) is 6.22. The first-order valence-electron chi connectivity index (χ1n) is 8.59. The average Bonchev–Trinajstić information content (AvgIpc) is 2.55. The quantitative estimate of drug-likeness (QED) is 0.907. The summed E-state index contributed by atoms with van der Waals surface area (Å²) in [5.74, 6) is -0.643. The summed E-state index contributed by atoms with van der Waals surface area (Å²) in [6.45, 7) is 9.20. The smallest absolute Gasteiger partial charge is 0.317 e. The van der Waals surface area contributed by atoms with E-state index >= 15 is 0 Å². The predicted molar refractivity (Wildman–Crippen MR) is 93.3 cm³/mol. The number of urea groups is 1. The highest BCUT2D eigenvalue weighted by molar-refractivity contribution is 5.94. The molecule has 1 fully saturated rings. The first kappa shape index (κ1) is 19.0. The van der Waals surface area contributed by atoms with Gasteiger partial charge in [0.15, 0.2) is 11.6 Å². The van der Waals surface area contributed by atoms with Crippen molar-refractivity contribution in [3.8, 4) is 5.75 Å². The molecule has 0 saturated carbocycles. The number of ether oxygens (including phenoxy) is 1. The van der Waals surface area contributed by atoms with Crippen molar-refractivity contribution in [2.75, 3.05) is 26.2 Å². The van der Waals surface area contributed by atoms with Crippen LogP contribution in [0.4, 0.5) is 9.18 Å². The molecule has 1 aromatic carbocycles. The van der Waals surface area contributed by atoms with Crippen LogP contribution in [0.5, 0.6) is 5.75 Å². The number of nitrogens with zero attached hydrogens (tertiary/aromatic N) is 2. The Labute approximate surface area is 147 Å². The zero-order valence-corrected chi connectivity index (χ0v) is 15.2. The molecule has 2 rings (SSSR count). The van der Waals surface area contributed by atoms with E-state index in [0.717, 1.165) is 0 Å². The summed E-state index contributed by atoms with van der Waals surface area (Å²) in [4.78, 5) is 27.8. The number of amides is 3. The van der Waals surface area contributed by atoms with E-state index in [1.54, 1.807) is 15.9 Å². The van der Waals surface area contributed by atoms with Gasteiger partial charge in [-0.3, -0.25) is 4.79 Å². The Morgan fingerprint density at radius 3 is 2.20 bits per heavy atom. The molecule has 0 atom stereocenters. The zero-order chi connectivity index (χ0) is 18.6. The summed E-state index contributed by atoms with van der Waals surface area (Å²) in [6.07, 6.45) is -0.138. The summed E-state index contributed by atoms with van der Waals surface area (Å²) in [5, 5.41) is 2.84. The number of hydrogen-bond acceptors (Lipinski definition) is 3. The minimum atomic E-state index is -0.547. The lowest BCUT2D eigenvalue weighted by atomic mass is 10.1. The fourth-order valence-electron chi connectivity index (χ4n) is 2.62. The second-order valence-corrected chi connectivity index (χ2v) is 6.70. The van der Waals surface area contributed by atoms with Crippen molar-refractivity contribution in [2.24, 2.45) is 0 Å². The molecule has 25 heavy (non-hydrogen) atoms. The van der Waals surface area contributed by atoms with Gasteiger partial charge in [0, 0.05) is 37.8 Å². The largest absolute Gasteiger partial charge is 0.488 e. The molecule has 0 unspecified atom stereocenters. The zero-order valence-electron chi connectivity index (χ0n) is 15.2. The molecular formula is C18H26FN3O3. The van der Waals surface area contributed by atoms with Crippen LogP contribution in [0.15, 0.2) is 18.2 Å². The molecule has 1 saturated heterocycles. The van der Waals surface area contributed by atoms with Gasteiger partial charge in [-0.2, -0.15) is 0 Å². The van der Waals surface area contributed by atoms with Gasteiger partial charge in [0.2, 0.25) is 0 Å². The maximum atomic E-state index is 14.1. The number of piperazine rings is 1. The van der Waals surface area contributed by atoms with Crippen molar-refractivity contribution in [3.05, 3.63) is 29.6 Å². The van der Waals surface area contributed by atoms with Gasteiger partial charge in [0.1, 0.15) is 0 Å². The molecule has 138 valence electrons. The summed E-state index contributed by atoms with van der Waals surface area (Å²) >= 11 is 0. The van der Waals surface area contributed by atoms with Gasteiger partial charge in [-0.1, -0.05) is 0 Å². The standard InChI is InChI=1S/C18H26FN3O3/c1-12(2)20-18(24)22-9-7-21(8-10-22)17(23)14-5-6-16(15(19)11-14)25-13(3)4/h5-6,11-13H,7-10H2,1-4H3,(H,20,24). The number of nitrogens with one attached hydrogen (secondary N) is 1. The minimum absolute atomic E-state index is 0.0710. The maximum Gasteiger partial charge on any atom is 0.317 e. The lowest BCUT2D eigenvalue weighted by Gasteiger charge is -2.35. The van der Waals surface area contributed by atoms with E-state index < -0.39 is 5.82 Å². The number of carbonyl (C=O) groups is 2. The highest BCUT2D eigenvalue weighted by Crippen LogP contribution is 2.21. The number of carbonyl (C=O) groups excluding carboxylic acids is 2. The Morgan fingerprint density at radius 1 is 1.08 bits per heavy atom. The van der Waals surface area contributed by atoms with Crippen molar-refractivity contribution in [1.29, 1.82) is 0 Å². The number of rotatable bonds is 4. The van der Waals surface area contributed by atoms with E-state index in [0.29, 0.717) is 26.2 Å². The molecule has 1 aliphatic rings. The van der Waals surface area contributed by atoms with Crippen molar-refractivity contribution < 1.29 is 18.7 Å². The fraction of sp³-hybridized carbons (Fsp3) is 0.556. The summed E-state index contributed by atoms with van der Waals surface area (Å²) in [7, 11) is 0. The van der Waals surface area contributed by atoms with E-state index in [-0.39, 0.29) is 35.4 Å². The van der Waals surface area contributed by atoms with Crippen LogP contribution in [0.2, 0.25) is 0 Å². The summed E-state index contributed by atoms with van der Waals surface area (Å²) in [5.41, 5.74) is 0.286. The second-order valence-electron chi connectivity index (χ2n) is 6.70. The SMILES string of the molecule is CC(C)NC(=O)N1CCN(C(=O)c2ccc(OC(C)C)c(F)c2)CC1. The third-order valence-corrected chi connectivity index (χ3v) is 3.81. The molecule has 0 spiro atoms. The Hall–Kier alpha value is -2.31. The molecule has 1 heterocycles. The topological polar surface area (TPSA) is 61.9 Å². The van der Waals surface area contributed by atoms with E-state index in [2.05, 4.69) is 5.32 Å². The first-order chi connectivity index (χ1) is 11.8. The van der Waals surface area contributed by atoms with Crippen LogP contribution >= 0.6 is 0 Å². The molecule has 1 aromatic rings. The second kappa shape index (κ2) is 8.18. The lowest BCUT2D eigenvalue weighted by Crippen LogP contribution is -2.54. The van der Waals surface area contributed by atoms with Gasteiger partial charge in [-0.05, 0) is 45.9 Å². The average molecular weight is 351 g/mol. The van der Waals surface area contributed by atoms with Crippen LogP contribution in [-0.2, 0) is 0 Å². The van der Waals surface area contributed by atoms with Crippen molar-refractivity contribution >= 4 is 11.9 Å². The normalized spacial score (nSPS) is 14.8. The molecule has 1 N–H and O–H groups in total. The van der Waals surface area contributed by atoms with Crippen LogP contribution in [0.1, 0.15) is 38.1 Å². The van der Waals surface area contributed by atoms with Crippen molar-refractivity contribution in [3.63, 3.8) is 0 Å². The number of benzene rings is 1. The fourth-order valence-corrected chi connectivity index (χ4v) is 2.62. The van der Waals surface area contributed by atoms with Gasteiger partial charge < -0.3 is 19.9 Å². The molecule has 0 aliphatic carbocycles. The van der Waals surface area contributed by atoms with Gasteiger partial charge in [-0.15, -0.1) is 0 Å². The molecule has 3 amide bonds. The highest BCUT2D eigenvalue weighted by atomic mass is 19.1. The Morgan fingerprint density at radius 2 is 1.68 bits per heavy atom. The van der Waals surface area contributed by atoms with E-state index in [4.69, 9.17) is 4.74 Å². The first-order valence-corrected chi connectivity index (χ1v) is 8.59. The van der Waals surface area contributed by atoms with E-state index in [1.807, 2.05) is 27.7 Å². The molecular weight excluding hydrogens is 325 g/mol. The lowest BCUT2D eigenvalue weighted by molar-refractivity contribution is 0.0663.